The number of fused-ring (bicyclic) bond motifs is 2. The van der Waals surface area contributed by atoms with Crippen molar-refractivity contribution in [1.29, 1.82) is 0 Å². The van der Waals surface area contributed by atoms with Gasteiger partial charge in [0.05, 0.1) is 6.67 Å². The van der Waals surface area contributed by atoms with Crippen LogP contribution in [0, 0.1) is 5.92 Å². The summed E-state index contributed by atoms with van der Waals surface area (Å²) in [6.45, 7) is 4.12. The van der Waals surface area contributed by atoms with Crippen LogP contribution in [0.1, 0.15) is 51.0 Å². The highest BCUT2D eigenvalue weighted by Gasteiger charge is 2.50. The second-order valence-electron chi connectivity index (χ2n) is 8.85. The number of rotatable bonds is 3. The van der Waals surface area contributed by atoms with E-state index in [1.54, 1.807) is 6.92 Å². The number of carbonyl (C=O) groups excluding carboxylic acids is 2. The molecule has 29 heavy (non-hydrogen) atoms. The van der Waals surface area contributed by atoms with Crippen LogP contribution in [0.2, 0.25) is 0 Å². The van der Waals surface area contributed by atoms with E-state index in [0.717, 1.165) is 18.5 Å². The van der Waals surface area contributed by atoms with Crippen molar-refractivity contribution in [3.05, 3.63) is 23.8 Å². The summed E-state index contributed by atoms with van der Waals surface area (Å²) in [5, 5.41) is 2.93. The van der Waals surface area contributed by atoms with Crippen molar-refractivity contribution in [2.24, 2.45) is 5.92 Å². The van der Waals surface area contributed by atoms with Gasteiger partial charge in [0.25, 0.3) is 5.91 Å². The van der Waals surface area contributed by atoms with Crippen molar-refractivity contribution in [2.75, 3.05) is 26.4 Å². The Hall–Kier alpha value is -2.28. The number of carbonyl (C=O) groups is 2. The first-order valence-corrected chi connectivity index (χ1v) is 10.8. The van der Waals surface area contributed by atoms with Gasteiger partial charge in [-0.2, -0.15) is 0 Å². The van der Waals surface area contributed by atoms with Gasteiger partial charge < -0.3 is 14.8 Å². The first-order chi connectivity index (χ1) is 14.1. The maximum absolute atomic E-state index is 13.4. The number of piperidine rings is 1. The molecule has 3 atom stereocenters. The second kappa shape index (κ2) is 7.20. The van der Waals surface area contributed by atoms with Gasteiger partial charge in [0, 0.05) is 12.6 Å². The van der Waals surface area contributed by atoms with E-state index < -0.39 is 5.54 Å². The Bertz CT molecular complexity index is 826. The SMILES string of the molecule is C[C@@]1(c2ccc3c(c2)OCCO3)NC(=O)N(CN2CCC[C@H]3CCCC[C@@H]32)C1=O. The molecule has 3 fully saturated rings. The predicted octanol–water partition coefficient (Wildman–Crippen LogP) is 2.84. The molecular formula is C22H29N3O4. The highest BCUT2D eigenvalue weighted by Crippen LogP contribution is 2.38. The van der Waals surface area contributed by atoms with Crippen LogP contribution in [0.25, 0.3) is 0 Å². The molecule has 1 saturated carbocycles. The first-order valence-electron chi connectivity index (χ1n) is 10.8. The number of hydrogen-bond donors (Lipinski definition) is 1. The van der Waals surface area contributed by atoms with Gasteiger partial charge >= 0.3 is 6.03 Å². The topological polar surface area (TPSA) is 71.1 Å². The Kier molecular flexibility index (Phi) is 4.65. The summed E-state index contributed by atoms with van der Waals surface area (Å²) in [6.07, 6.45) is 7.41. The predicted molar refractivity (Wildman–Crippen MR) is 107 cm³/mol. The molecule has 3 aliphatic heterocycles. The van der Waals surface area contributed by atoms with Gasteiger partial charge in [-0.05, 0) is 56.2 Å². The van der Waals surface area contributed by atoms with Crippen molar-refractivity contribution in [3.8, 4) is 11.5 Å². The average molecular weight is 399 g/mol. The fourth-order valence-electron chi connectivity index (χ4n) is 5.46. The van der Waals surface area contributed by atoms with Crippen molar-refractivity contribution in [1.82, 2.24) is 15.1 Å². The van der Waals surface area contributed by atoms with Crippen LogP contribution in [0.15, 0.2) is 18.2 Å². The maximum Gasteiger partial charge on any atom is 0.326 e. The molecule has 0 aromatic heterocycles. The molecule has 1 aromatic carbocycles. The summed E-state index contributed by atoms with van der Waals surface area (Å²) in [5.41, 5.74) is -0.369. The standard InChI is InChI=1S/C22H29N3O4/c1-22(16-8-9-18-19(13-16)29-12-11-28-18)20(26)25(21(27)23-22)14-24-10-4-6-15-5-2-3-7-17(15)24/h8-9,13,15,17H,2-7,10-12,14H2,1H3,(H,23,27)/t15-,17+,22+/m1/s1. The number of benzene rings is 1. The zero-order valence-corrected chi connectivity index (χ0v) is 17.0. The lowest BCUT2D eigenvalue weighted by Gasteiger charge is -2.45. The Morgan fingerprint density at radius 2 is 1.83 bits per heavy atom. The van der Waals surface area contributed by atoms with Crippen molar-refractivity contribution < 1.29 is 19.1 Å². The molecule has 0 bridgehead atoms. The van der Waals surface area contributed by atoms with Crippen LogP contribution in [0.4, 0.5) is 4.79 Å². The fraction of sp³-hybridized carbons (Fsp3) is 0.636. The third-order valence-electron chi connectivity index (χ3n) is 7.08. The minimum Gasteiger partial charge on any atom is -0.486 e. The van der Waals surface area contributed by atoms with E-state index in [4.69, 9.17) is 9.47 Å². The van der Waals surface area contributed by atoms with Crippen LogP contribution in [-0.2, 0) is 10.3 Å². The highest BCUT2D eigenvalue weighted by atomic mass is 16.6. The van der Waals surface area contributed by atoms with Gasteiger partial charge in [0.2, 0.25) is 0 Å². The molecule has 7 nitrogen and oxygen atoms in total. The molecule has 1 aliphatic carbocycles. The molecule has 1 aromatic rings. The smallest absolute Gasteiger partial charge is 0.326 e. The van der Waals surface area contributed by atoms with Crippen LogP contribution in [0.5, 0.6) is 11.5 Å². The number of likely N-dealkylation sites (tertiary alicyclic amines) is 1. The second-order valence-corrected chi connectivity index (χ2v) is 8.85. The molecular weight excluding hydrogens is 370 g/mol. The fourth-order valence-corrected chi connectivity index (χ4v) is 5.46. The van der Waals surface area contributed by atoms with Gasteiger partial charge in [-0.3, -0.25) is 9.69 Å². The van der Waals surface area contributed by atoms with Crippen molar-refractivity contribution in [2.45, 2.75) is 57.0 Å². The van der Waals surface area contributed by atoms with Crippen LogP contribution < -0.4 is 14.8 Å². The number of nitrogens with zero attached hydrogens (tertiary/aromatic N) is 2. The van der Waals surface area contributed by atoms with E-state index in [2.05, 4.69) is 10.2 Å². The third-order valence-corrected chi connectivity index (χ3v) is 7.08. The zero-order valence-electron chi connectivity index (χ0n) is 17.0. The number of imide groups is 1. The van der Waals surface area contributed by atoms with Crippen molar-refractivity contribution in [3.63, 3.8) is 0 Å². The lowest BCUT2D eigenvalue weighted by Crippen LogP contribution is -2.52. The maximum atomic E-state index is 13.4. The Morgan fingerprint density at radius 1 is 1.07 bits per heavy atom. The molecule has 4 aliphatic rings. The summed E-state index contributed by atoms with van der Waals surface area (Å²) in [5.74, 6) is 1.81. The van der Waals surface area contributed by atoms with Crippen LogP contribution in [-0.4, -0.2) is 54.2 Å². The van der Waals surface area contributed by atoms with Gasteiger partial charge in [-0.1, -0.05) is 18.9 Å². The van der Waals surface area contributed by atoms with Crippen molar-refractivity contribution >= 4 is 11.9 Å². The normalized spacial score (nSPS) is 32.1. The molecule has 0 radical (unpaired) electrons. The minimum absolute atomic E-state index is 0.197. The number of hydrogen-bond acceptors (Lipinski definition) is 5. The molecule has 0 unspecified atom stereocenters. The molecule has 0 spiro atoms. The quantitative estimate of drug-likeness (QED) is 0.792. The van der Waals surface area contributed by atoms with Gasteiger partial charge in [0.15, 0.2) is 11.5 Å². The number of nitrogens with one attached hydrogen (secondary N) is 1. The summed E-state index contributed by atoms with van der Waals surface area (Å²) in [7, 11) is 0. The Balaban J connectivity index is 1.36. The van der Waals surface area contributed by atoms with E-state index in [-0.39, 0.29) is 11.9 Å². The molecule has 3 amide bonds. The van der Waals surface area contributed by atoms with Gasteiger partial charge in [-0.25, -0.2) is 9.69 Å². The zero-order chi connectivity index (χ0) is 20.0. The number of ether oxygens (including phenoxy) is 2. The summed E-state index contributed by atoms with van der Waals surface area (Å²) >= 11 is 0. The van der Waals surface area contributed by atoms with Crippen LogP contribution >= 0.6 is 0 Å². The van der Waals surface area contributed by atoms with Crippen LogP contribution in [0.3, 0.4) is 0 Å². The summed E-state index contributed by atoms with van der Waals surface area (Å²) in [6, 6.07) is 5.65. The molecule has 7 heteroatoms. The molecule has 1 N–H and O–H groups in total. The van der Waals surface area contributed by atoms with E-state index >= 15 is 0 Å². The monoisotopic (exact) mass is 399 g/mol. The molecule has 3 heterocycles. The van der Waals surface area contributed by atoms with Gasteiger partial charge in [-0.15, -0.1) is 0 Å². The Morgan fingerprint density at radius 3 is 2.69 bits per heavy atom. The first kappa shape index (κ1) is 18.7. The lowest BCUT2D eigenvalue weighted by atomic mass is 9.78. The van der Waals surface area contributed by atoms with E-state index in [9.17, 15) is 9.59 Å². The molecule has 156 valence electrons. The highest BCUT2D eigenvalue weighted by molar-refractivity contribution is 6.07. The molecule has 2 saturated heterocycles. The lowest BCUT2D eigenvalue weighted by molar-refractivity contribution is -0.133. The summed E-state index contributed by atoms with van der Waals surface area (Å²) in [4.78, 5) is 29.9. The largest absolute Gasteiger partial charge is 0.486 e. The van der Waals surface area contributed by atoms with E-state index in [0.29, 0.717) is 43.3 Å². The molecule has 5 rings (SSSR count). The Labute approximate surface area is 171 Å². The van der Waals surface area contributed by atoms with Gasteiger partial charge in [0.1, 0.15) is 18.8 Å². The average Bonchev–Trinajstić information content (AvgIpc) is 2.97. The third kappa shape index (κ3) is 3.16. The summed E-state index contributed by atoms with van der Waals surface area (Å²) < 4.78 is 11.2. The number of urea groups is 1. The van der Waals surface area contributed by atoms with E-state index in [1.165, 1.54) is 37.0 Å². The minimum atomic E-state index is -1.09. The number of amides is 3. The van der Waals surface area contributed by atoms with E-state index in [1.807, 2.05) is 18.2 Å².